The molecule has 1 aromatic rings. The fourth-order valence-corrected chi connectivity index (χ4v) is 3.47. The van der Waals surface area contributed by atoms with Crippen molar-refractivity contribution in [2.75, 3.05) is 7.11 Å². The first kappa shape index (κ1) is 15.1. The summed E-state index contributed by atoms with van der Waals surface area (Å²) in [5, 5.41) is 1.10. The molecule has 90 valence electrons. The number of hydrogen-bond donors (Lipinski definition) is 0. The molecule has 0 fully saturated rings. The van der Waals surface area contributed by atoms with Gasteiger partial charge in [-0.25, -0.2) is 4.79 Å². The van der Waals surface area contributed by atoms with E-state index in [4.69, 9.17) is 9.16 Å². The molecule has 0 aromatic heterocycles. The van der Waals surface area contributed by atoms with Crippen molar-refractivity contribution in [2.45, 2.75) is 20.0 Å². The summed E-state index contributed by atoms with van der Waals surface area (Å²) in [6.45, 7) is 6.07. The normalized spacial score (nSPS) is 17.2. The quantitative estimate of drug-likeness (QED) is 0.685. The number of carbonyl (C=O) groups is 1. The van der Waals surface area contributed by atoms with Crippen LogP contribution in [0.2, 0.25) is 13.1 Å². The van der Waals surface area contributed by atoms with E-state index in [0.29, 0.717) is 0 Å². The first-order valence-electron chi connectivity index (χ1n) is 5.55. The second-order valence-corrected chi connectivity index (χ2v) is 8.60. The topological polar surface area (TPSA) is 35.5 Å². The van der Waals surface area contributed by atoms with E-state index in [2.05, 4.69) is 0 Å². The van der Waals surface area contributed by atoms with Gasteiger partial charge in [-0.05, 0) is 42.9 Å². The fraction of sp³-hybridized carbons (Fsp3) is 0.308. The maximum atomic E-state index is 11.9. The molecule has 2 rings (SSSR count). The van der Waals surface area contributed by atoms with Crippen molar-refractivity contribution in [1.29, 1.82) is 0 Å². The van der Waals surface area contributed by atoms with E-state index in [1.807, 2.05) is 44.3 Å². The van der Waals surface area contributed by atoms with Gasteiger partial charge in [0, 0.05) is 0 Å². The molecule has 0 spiro atoms. The number of rotatable bonds is 2. The van der Waals surface area contributed by atoms with Gasteiger partial charge in [0.1, 0.15) is 5.75 Å². The summed E-state index contributed by atoms with van der Waals surface area (Å²) in [5.41, 5.74) is 1.63. The molecule has 0 N–H and O–H groups in total. The van der Waals surface area contributed by atoms with Gasteiger partial charge in [0.25, 0.3) is 8.32 Å². The van der Waals surface area contributed by atoms with Gasteiger partial charge in [-0.2, -0.15) is 0 Å². The van der Waals surface area contributed by atoms with Crippen molar-refractivity contribution in [1.82, 2.24) is 0 Å². The zero-order chi connectivity index (χ0) is 12.6. The third kappa shape index (κ3) is 2.56. The van der Waals surface area contributed by atoms with Crippen LogP contribution in [0.25, 0.3) is 5.57 Å². The van der Waals surface area contributed by atoms with E-state index in [-0.39, 0.29) is 24.8 Å². The summed E-state index contributed by atoms with van der Waals surface area (Å²) in [7, 11) is -0.351. The molecule has 0 bridgehead atoms. The molecular weight excluding hydrogens is 239 g/mol. The van der Waals surface area contributed by atoms with Crippen molar-refractivity contribution in [2.24, 2.45) is 0 Å². The van der Waals surface area contributed by atoms with E-state index in [9.17, 15) is 4.79 Å². The van der Waals surface area contributed by atoms with E-state index >= 15 is 0 Å². The Bertz CT molecular complexity index is 491. The van der Waals surface area contributed by atoms with Gasteiger partial charge in [-0.15, -0.1) is 0 Å². The summed E-state index contributed by atoms with van der Waals surface area (Å²) in [4.78, 5) is 11.9. The second-order valence-electron chi connectivity index (χ2n) is 4.63. The molecule has 1 aliphatic rings. The molecule has 0 unspecified atom stereocenters. The average Bonchev–Trinajstić information content (AvgIpc) is 2.49. The molecule has 1 aromatic carbocycles. The van der Waals surface area contributed by atoms with Crippen LogP contribution in [0, 0.1) is 0 Å². The van der Waals surface area contributed by atoms with Gasteiger partial charge in [0.2, 0.25) is 0 Å². The molecule has 18 heavy (non-hydrogen) atoms. The third-order valence-corrected chi connectivity index (χ3v) is 5.96. The summed E-state index contributed by atoms with van der Waals surface area (Å²) >= 11 is 0. The van der Waals surface area contributed by atoms with Crippen LogP contribution in [0.3, 0.4) is 0 Å². The molecule has 0 saturated heterocycles. The predicted octanol–water partition coefficient (Wildman–Crippen LogP) is -0.226. The zero-order valence-corrected chi connectivity index (χ0v) is 12.5. The Balaban J connectivity index is 0.00000162. The van der Waals surface area contributed by atoms with Crippen LogP contribution in [0.4, 0.5) is 0 Å². The van der Waals surface area contributed by atoms with Gasteiger partial charge in [0.15, 0.2) is 0 Å². The SMILES string of the molecule is COc1ccc(C2=C(C)[Si](C)(C)OC2=O)cc1.[Li+]. The van der Waals surface area contributed by atoms with Crippen LogP contribution in [-0.2, 0) is 9.22 Å². The maximum absolute atomic E-state index is 11.9. The molecular formula is C13H16LiO3Si+. The van der Waals surface area contributed by atoms with Crippen LogP contribution in [0.1, 0.15) is 12.5 Å². The Morgan fingerprint density at radius 2 is 1.72 bits per heavy atom. The fourth-order valence-electron chi connectivity index (χ4n) is 1.91. The van der Waals surface area contributed by atoms with Crippen LogP contribution >= 0.6 is 0 Å². The maximum Gasteiger partial charge on any atom is 1.00 e. The Morgan fingerprint density at radius 1 is 1.17 bits per heavy atom. The largest absolute Gasteiger partial charge is 1.00 e. The smallest absolute Gasteiger partial charge is 0.512 e. The van der Waals surface area contributed by atoms with E-state index in [1.54, 1.807) is 7.11 Å². The minimum atomic E-state index is -1.98. The molecule has 0 saturated carbocycles. The molecule has 3 nitrogen and oxygen atoms in total. The molecule has 1 aliphatic heterocycles. The minimum absolute atomic E-state index is 0. The Hall–Kier alpha value is -0.956. The van der Waals surface area contributed by atoms with Crippen molar-refractivity contribution in [3.8, 4) is 5.75 Å². The Kier molecular flexibility index (Phi) is 4.49. The Morgan fingerprint density at radius 3 is 2.11 bits per heavy atom. The number of benzene rings is 1. The number of carbonyl (C=O) groups excluding carboxylic acids is 1. The van der Waals surface area contributed by atoms with Crippen LogP contribution in [0.5, 0.6) is 5.75 Å². The number of hydrogen-bond acceptors (Lipinski definition) is 3. The van der Waals surface area contributed by atoms with Crippen molar-refractivity contribution in [3.63, 3.8) is 0 Å². The number of methoxy groups -OCH3 is 1. The number of ether oxygens (including phenoxy) is 1. The molecule has 0 radical (unpaired) electrons. The summed E-state index contributed by atoms with van der Waals surface area (Å²) in [5.74, 6) is 0.596. The molecule has 0 aliphatic carbocycles. The third-order valence-electron chi connectivity index (χ3n) is 3.21. The number of allylic oxidation sites excluding steroid dienone is 1. The monoisotopic (exact) mass is 255 g/mol. The predicted molar refractivity (Wildman–Crippen MR) is 69.2 cm³/mol. The van der Waals surface area contributed by atoms with Crippen LogP contribution < -0.4 is 23.6 Å². The van der Waals surface area contributed by atoms with Gasteiger partial charge < -0.3 is 9.16 Å². The summed E-state index contributed by atoms with van der Waals surface area (Å²) in [6, 6.07) is 7.51. The van der Waals surface area contributed by atoms with Gasteiger partial charge >= 0.3 is 24.8 Å². The van der Waals surface area contributed by atoms with E-state index < -0.39 is 8.32 Å². The second kappa shape index (κ2) is 5.35. The van der Waals surface area contributed by atoms with Crippen LogP contribution in [-0.4, -0.2) is 21.4 Å². The molecule has 1 heterocycles. The Labute approximate surface area is 120 Å². The first-order valence-corrected chi connectivity index (χ1v) is 8.45. The standard InChI is InChI=1S/C13H16O3Si.Li/c1-9-12(13(14)16-17(9,3)4)10-5-7-11(15-2)8-6-10;/h5-8H,1-4H3;/q;+1. The summed E-state index contributed by atoms with van der Waals surface area (Å²) in [6.07, 6.45) is 0. The van der Waals surface area contributed by atoms with Crippen molar-refractivity contribution >= 4 is 19.9 Å². The first-order chi connectivity index (χ1) is 7.95. The van der Waals surface area contributed by atoms with Gasteiger partial charge in [-0.1, -0.05) is 12.1 Å². The summed E-state index contributed by atoms with van der Waals surface area (Å²) < 4.78 is 10.6. The van der Waals surface area contributed by atoms with Crippen molar-refractivity contribution in [3.05, 3.63) is 35.0 Å². The van der Waals surface area contributed by atoms with E-state index in [0.717, 1.165) is 22.1 Å². The van der Waals surface area contributed by atoms with Gasteiger partial charge in [-0.3, -0.25) is 0 Å². The molecule has 5 heteroatoms. The minimum Gasteiger partial charge on any atom is -0.512 e. The molecule has 0 amide bonds. The van der Waals surface area contributed by atoms with Crippen molar-refractivity contribution < 1.29 is 32.8 Å². The van der Waals surface area contributed by atoms with Gasteiger partial charge in [0.05, 0.1) is 12.7 Å². The zero-order valence-electron chi connectivity index (χ0n) is 11.5. The van der Waals surface area contributed by atoms with E-state index in [1.165, 1.54) is 0 Å². The molecule has 0 atom stereocenters. The average molecular weight is 255 g/mol. The van der Waals surface area contributed by atoms with Crippen LogP contribution in [0.15, 0.2) is 29.5 Å².